The number of rotatable bonds is 3. The monoisotopic (exact) mass is 354 g/mol. The molecule has 0 spiro atoms. The minimum absolute atomic E-state index is 0.0152. The van der Waals surface area contributed by atoms with Crippen LogP contribution in [0.2, 0.25) is 0 Å². The summed E-state index contributed by atoms with van der Waals surface area (Å²) in [5, 5.41) is 1.56. The van der Waals surface area contributed by atoms with Crippen molar-refractivity contribution >= 4 is 10.8 Å². The smallest absolute Gasteiger partial charge is 0.159 e. The fourth-order valence-corrected chi connectivity index (χ4v) is 4.56. The lowest BCUT2D eigenvalue weighted by Gasteiger charge is -2.35. The highest BCUT2D eigenvalue weighted by molar-refractivity contribution is 5.88. The molecular weight excluding hydrogens is 333 g/mol. The van der Waals surface area contributed by atoms with Crippen LogP contribution in [-0.2, 0) is 6.42 Å². The third-order valence-corrected chi connectivity index (χ3v) is 5.69. The normalized spacial score (nSPS) is 19.5. The molecule has 0 amide bonds. The van der Waals surface area contributed by atoms with Crippen LogP contribution in [0.1, 0.15) is 48.8 Å². The number of hydrogen-bond acceptors (Lipinski definition) is 0. The highest BCUT2D eigenvalue weighted by Crippen LogP contribution is 2.45. The van der Waals surface area contributed by atoms with Crippen molar-refractivity contribution < 1.29 is 13.2 Å². The molecule has 3 heteroatoms. The number of hydrogen-bond donors (Lipinski definition) is 0. The minimum Gasteiger partial charge on any atom is -0.206 e. The molecule has 0 aliphatic heterocycles. The predicted molar refractivity (Wildman–Crippen MR) is 98.8 cm³/mol. The van der Waals surface area contributed by atoms with Crippen molar-refractivity contribution in [2.75, 3.05) is 0 Å². The van der Waals surface area contributed by atoms with E-state index in [1.807, 2.05) is 18.2 Å². The Kier molecular flexibility index (Phi) is 4.47. The second-order valence-electron chi connectivity index (χ2n) is 7.21. The lowest BCUT2D eigenvalue weighted by atomic mass is 9.69. The zero-order valence-electron chi connectivity index (χ0n) is 14.7. The second kappa shape index (κ2) is 6.79. The first kappa shape index (κ1) is 17.1. The molecule has 0 nitrogen and oxygen atoms in total. The van der Waals surface area contributed by atoms with Gasteiger partial charge in [0, 0.05) is 11.3 Å². The van der Waals surface area contributed by atoms with E-state index in [9.17, 15) is 13.2 Å². The Hall–Kier alpha value is -2.29. The maximum absolute atomic E-state index is 14.2. The van der Waals surface area contributed by atoms with Crippen LogP contribution >= 0.6 is 0 Å². The van der Waals surface area contributed by atoms with Gasteiger partial charge in [0.15, 0.2) is 11.6 Å². The van der Waals surface area contributed by atoms with Crippen molar-refractivity contribution in [1.29, 1.82) is 0 Å². The summed E-state index contributed by atoms with van der Waals surface area (Å²) < 4.78 is 41.5. The molecule has 4 rings (SSSR count). The Labute approximate surface area is 151 Å². The van der Waals surface area contributed by atoms with Gasteiger partial charge in [0.1, 0.15) is 5.82 Å². The highest BCUT2D eigenvalue weighted by Gasteiger charge is 2.31. The average molecular weight is 354 g/mol. The van der Waals surface area contributed by atoms with Gasteiger partial charge in [-0.15, -0.1) is 0 Å². The third-order valence-electron chi connectivity index (χ3n) is 5.69. The molecule has 0 radical (unpaired) electrons. The zero-order valence-corrected chi connectivity index (χ0v) is 14.7. The Bertz CT molecular complexity index is 961. The fraction of sp³-hybridized carbons (Fsp3) is 0.304. The van der Waals surface area contributed by atoms with Crippen molar-refractivity contribution in [1.82, 2.24) is 0 Å². The molecule has 3 aromatic carbocycles. The van der Waals surface area contributed by atoms with Gasteiger partial charge in [-0.05, 0) is 65.5 Å². The van der Waals surface area contributed by atoms with Crippen LogP contribution in [0.3, 0.4) is 0 Å². The van der Waals surface area contributed by atoms with Gasteiger partial charge in [-0.1, -0.05) is 43.7 Å². The van der Waals surface area contributed by atoms with Gasteiger partial charge in [-0.2, -0.15) is 0 Å². The summed E-state index contributed by atoms with van der Waals surface area (Å²) >= 11 is 0. The van der Waals surface area contributed by atoms with E-state index in [-0.39, 0.29) is 11.7 Å². The van der Waals surface area contributed by atoms with Crippen LogP contribution in [-0.4, -0.2) is 0 Å². The van der Waals surface area contributed by atoms with Gasteiger partial charge in [-0.3, -0.25) is 0 Å². The van der Waals surface area contributed by atoms with E-state index in [1.165, 1.54) is 18.2 Å². The lowest BCUT2D eigenvalue weighted by Crippen LogP contribution is -2.22. The first-order valence-corrected chi connectivity index (χ1v) is 9.25. The first-order chi connectivity index (χ1) is 12.6. The largest absolute Gasteiger partial charge is 0.206 e. The molecule has 0 aromatic heterocycles. The van der Waals surface area contributed by atoms with E-state index in [0.717, 1.165) is 47.8 Å². The standard InChI is InChI=1S/C23H21F3/c1-2-4-14-7-9-17-16-5-3-6-20(24)18(16)10-11-19(17)23(14)15-8-12-21(25)22(26)13-15/h3,5-6,8,10-14,23H,2,4,7,9H2,1H3/t14-,23-/m1/s1. The molecule has 2 atom stereocenters. The molecule has 1 aliphatic carbocycles. The third kappa shape index (κ3) is 2.80. The van der Waals surface area contributed by atoms with E-state index in [0.29, 0.717) is 11.3 Å². The summed E-state index contributed by atoms with van der Waals surface area (Å²) in [5.74, 6) is -1.45. The SMILES string of the molecule is CCC[C@@H]1CCc2c(ccc3c(F)cccc23)[C@H]1c1ccc(F)c(F)c1. The zero-order chi connectivity index (χ0) is 18.3. The molecule has 0 N–H and O–H groups in total. The maximum atomic E-state index is 14.2. The topological polar surface area (TPSA) is 0 Å². The van der Waals surface area contributed by atoms with Crippen LogP contribution < -0.4 is 0 Å². The summed E-state index contributed by atoms with van der Waals surface area (Å²) in [6, 6.07) is 13.2. The van der Waals surface area contributed by atoms with Crippen LogP contribution in [0.15, 0.2) is 48.5 Å². The predicted octanol–water partition coefficient (Wildman–Crippen LogP) is 6.75. The number of benzene rings is 3. The van der Waals surface area contributed by atoms with Gasteiger partial charge in [0.25, 0.3) is 0 Å². The molecule has 3 aromatic rings. The number of aryl methyl sites for hydroxylation is 1. The molecule has 26 heavy (non-hydrogen) atoms. The lowest BCUT2D eigenvalue weighted by molar-refractivity contribution is 0.378. The van der Waals surface area contributed by atoms with Crippen LogP contribution in [0.5, 0.6) is 0 Å². The van der Waals surface area contributed by atoms with Gasteiger partial charge in [0.2, 0.25) is 0 Å². The molecular formula is C23H21F3. The Morgan fingerprint density at radius 3 is 2.50 bits per heavy atom. The molecule has 134 valence electrons. The van der Waals surface area contributed by atoms with Crippen molar-refractivity contribution in [3.63, 3.8) is 0 Å². The Morgan fingerprint density at radius 1 is 0.885 bits per heavy atom. The minimum atomic E-state index is -0.822. The molecule has 0 unspecified atom stereocenters. The maximum Gasteiger partial charge on any atom is 0.159 e. The van der Waals surface area contributed by atoms with Crippen molar-refractivity contribution in [2.24, 2.45) is 5.92 Å². The molecule has 0 saturated heterocycles. The van der Waals surface area contributed by atoms with Crippen molar-refractivity contribution in [3.8, 4) is 0 Å². The number of halogens is 3. The average Bonchev–Trinajstić information content (AvgIpc) is 2.64. The summed E-state index contributed by atoms with van der Waals surface area (Å²) in [6.07, 6.45) is 3.94. The van der Waals surface area contributed by atoms with E-state index >= 15 is 0 Å². The summed E-state index contributed by atoms with van der Waals surface area (Å²) in [7, 11) is 0. The molecule has 0 saturated carbocycles. The number of fused-ring (bicyclic) bond motifs is 3. The molecule has 0 heterocycles. The Morgan fingerprint density at radius 2 is 1.73 bits per heavy atom. The molecule has 0 fully saturated rings. The molecule has 1 aliphatic rings. The summed E-state index contributed by atoms with van der Waals surface area (Å²) in [6.45, 7) is 2.15. The van der Waals surface area contributed by atoms with Gasteiger partial charge < -0.3 is 0 Å². The van der Waals surface area contributed by atoms with Crippen molar-refractivity contribution in [3.05, 3.63) is 82.7 Å². The summed E-state index contributed by atoms with van der Waals surface area (Å²) in [5.41, 5.74) is 3.07. The van der Waals surface area contributed by atoms with Crippen LogP contribution in [0.25, 0.3) is 10.8 Å². The van der Waals surface area contributed by atoms with E-state index < -0.39 is 11.6 Å². The molecule has 0 bridgehead atoms. The van der Waals surface area contributed by atoms with E-state index in [2.05, 4.69) is 6.92 Å². The van der Waals surface area contributed by atoms with Crippen molar-refractivity contribution in [2.45, 2.75) is 38.5 Å². The first-order valence-electron chi connectivity index (χ1n) is 9.25. The van der Waals surface area contributed by atoms with E-state index in [4.69, 9.17) is 0 Å². The van der Waals surface area contributed by atoms with Crippen LogP contribution in [0.4, 0.5) is 13.2 Å². The van der Waals surface area contributed by atoms with Crippen LogP contribution in [0, 0.1) is 23.4 Å². The second-order valence-corrected chi connectivity index (χ2v) is 7.21. The van der Waals surface area contributed by atoms with Gasteiger partial charge >= 0.3 is 0 Å². The quantitative estimate of drug-likeness (QED) is 0.488. The highest BCUT2D eigenvalue weighted by atomic mass is 19.2. The fourth-order valence-electron chi connectivity index (χ4n) is 4.56. The Balaban J connectivity index is 1.92. The van der Waals surface area contributed by atoms with Gasteiger partial charge in [0.05, 0.1) is 0 Å². The summed E-state index contributed by atoms with van der Waals surface area (Å²) in [4.78, 5) is 0. The van der Waals surface area contributed by atoms with E-state index in [1.54, 1.807) is 12.1 Å². The van der Waals surface area contributed by atoms with Gasteiger partial charge in [-0.25, -0.2) is 13.2 Å².